The summed E-state index contributed by atoms with van der Waals surface area (Å²) < 4.78 is 13.1. The van der Waals surface area contributed by atoms with Crippen LogP contribution in [0.5, 0.6) is 0 Å². The molecule has 0 radical (unpaired) electrons. The fourth-order valence-corrected chi connectivity index (χ4v) is 8.76. The van der Waals surface area contributed by atoms with E-state index in [0.717, 1.165) is 29.2 Å². The number of carbonyl (C=O) groups is 4. The van der Waals surface area contributed by atoms with E-state index in [1.807, 2.05) is 79.7 Å². The van der Waals surface area contributed by atoms with Gasteiger partial charge < -0.3 is 29.3 Å². The Hall–Kier alpha value is -4.80. The van der Waals surface area contributed by atoms with E-state index in [4.69, 9.17) is 9.47 Å². The fourth-order valence-electron chi connectivity index (χ4n) is 8.76. The lowest BCUT2D eigenvalue weighted by molar-refractivity contribution is -0.164. The van der Waals surface area contributed by atoms with Gasteiger partial charge in [0.2, 0.25) is 11.8 Å². The van der Waals surface area contributed by atoms with Crippen molar-refractivity contribution in [2.75, 3.05) is 31.6 Å². The van der Waals surface area contributed by atoms with Crippen molar-refractivity contribution in [3.63, 3.8) is 0 Å². The molecule has 3 heterocycles. The molecular weight excluding hydrogens is 682 g/mol. The molecule has 1 spiro atoms. The summed E-state index contributed by atoms with van der Waals surface area (Å²) in [7, 11) is 1.70. The Kier molecular flexibility index (Phi) is 12.3. The number of aliphatic hydroxyl groups excluding tert-OH is 1. The Morgan fingerprint density at radius 2 is 1.72 bits per heavy atom. The second kappa shape index (κ2) is 17.1. The smallest absolute Gasteiger partial charge is 0.313 e. The molecule has 0 aliphatic carbocycles. The first-order valence-electron chi connectivity index (χ1n) is 19.3. The number of likely N-dealkylation sites (tertiary alicyclic amines) is 1. The molecule has 0 unspecified atom stereocenters. The highest BCUT2D eigenvalue weighted by atomic mass is 16.6. The summed E-state index contributed by atoms with van der Waals surface area (Å²) >= 11 is 0. The van der Waals surface area contributed by atoms with Crippen molar-refractivity contribution < 1.29 is 33.8 Å². The van der Waals surface area contributed by atoms with Gasteiger partial charge in [0.05, 0.1) is 24.0 Å². The van der Waals surface area contributed by atoms with Gasteiger partial charge >= 0.3 is 5.97 Å². The van der Waals surface area contributed by atoms with Crippen LogP contribution in [0.15, 0.2) is 98.1 Å². The second-order valence-electron chi connectivity index (χ2n) is 14.8. The van der Waals surface area contributed by atoms with Gasteiger partial charge in [0, 0.05) is 38.9 Å². The molecule has 6 rings (SSSR count). The molecule has 0 aromatic heterocycles. The zero-order valence-electron chi connectivity index (χ0n) is 31.5. The number of nitrogens with zero attached hydrogens (tertiary/aromatic N) is 3. The van der Waals surface area contributed by atoms with Crippen molar-refractivity contribution in [2.24, 2.45) is 11.8 Å². The van der Waals surface area contributed by atoms with Crippen molar-refractivity contribution in [2.45, 2.75) is 88.2 Å². The summed E-state index contributed by atoms with van der Waals surface area (Å²) in [5.41, 5.74) is 0.199. The van der Waals surface area contributed by atoms with Crippen LogP contribution in [0.4, 0.5) is 5.69 Å². The zero-order valence-corrected chi connectivity index (χ0v) is 31.5. The highest BCUT2D eigenvalue weighted by Crippen LogP contribution is 2.59. The molecule has 2 bridgehead atoms. The van der Waals surface area contributed by atoms with Crippen LogP contribution in [-0.2, 0) is 28.7 Å². The average molecular weight is 736 g/mol. The first-order valence-corrected chi connectivity index (χ1v) is 19.3. The van der Waals surface area contributed by atoms with E-state index in [1.165, 1.54) is 0 Å². The van der Waals surface area contributed by atoms with Crippen LogP contribution < -0.4 is 4.90 Å². The number of carbonyl (C=O) groups excluding carboxylic acids is 4. The van der Waals surface area contributed by atoms with E-state index in [-0.39, 0.29) is 37.3 Å². The van der Waals surface area contributed by atoms with E-state index < -0.39 is 47.7 Å². The van der Waals surface area contributed by atoms with E-state index in [0.29, 0.717) is 44.3 Å². The number of hydrogen-bond acceptors (Lipinski definition) is 7. The lowest BCUT2D eigenvalue weighted by Gasteiger charge is -2.37. The Labute approximate surface area is 318 Å². The number of likely N-dealkylation sites (N-methyl/N-ethyl adjacent to an activating group) is 1. The molecule has 1 N–H and O–H groups in total. The number of aliphatic hydroxyl groups is 1. The maximum atomic E-state index is 15.0. The minimum Gasteiger partial charge on any atom is -0.455 e. The van der Waals surface area contributed by atoms with Crippen LogP contribution in [0.2, 0.25) is 0 Å². The predicted molar refractivity (Wildman–Crippen MR) is 208 cm³/mol. The second-order valence-corrected chi connectivity index (χ2v) is 14.8. The number of amides is 3. The number of anilines is 1. The number of allylic oxidation sites excluding steroid dienone is 1. The molecule has 10 nitrogen and oxygen atoms in total. The zero-order chi connectivity index (χ0) is 38.4. The van der Waals surface area contributed by atoms with Crippen molar-refractivity contribution in [3.05, 3.63) is 104 Å². The van der Waals surface area contributed by atoms with Crippen LogP contribution in [0.1, 0.15) is 70.0 Å². The Balaban J connectivity index is 1.33. The molecule has 3 aliphatic heterocycles. The third kappa shape index (κ3) is 7.46. The Morgan fingerprint density at radius 3 is 2.44 bits per heavy atom. The van der Waals surface area contributed by atoms with Crippen LogP contribution in [0.3, 0.4) is 0 Å². The number of fused-ring (bicyclic) bond motifs is 2. The first-order chi connectivity index (χ1) is 26.2. The summed E-state index contributed by atoms with van der Waals surface area (Å²) in [4.78, 5) is 62.3. The summed E-state index contributed by atoms with van der Waals surface area (Å²) in [6, 6.07) is 21.6. The summed E-state index contributed by atoms with van der Waals surface area (Å²) in [6.45, 7) is 10.2. The molecule has 3 aliphatic rings. The quantitative estimate of drug-likeness (QED) is 0.0916. The molecule has 3 saturated heterocycles. The van der Waals surface area contributed by atoms with Crippen molar-refractivity contribution in [1.29, 1.82) is 0 Å². The minimum atomic E-state index is -1.21. The van der Waals surface area contributed by atoms with Crippen molar-refractivity contribution in [1.82, 2.24) is 9.80 Å². The molecule has 3 amide bonds. The van der Waals surface area contributed by atoms with E-state index in [2.05, 4.69) is 13.2 Å². The minimum absolute atomic E-state index is 0.0948. The number of unbranched alkanes of at least 4 members (excludes halogenated alkanes) is 3. The Bertz CT molecular complexity index is 1850. The largest absolute Gasteiger partial charge is 0.455 e. The fraction of sp³-hybridized carbons (Fsp3) is 0.455. The van der Waals surface area contributed by atoms with E-state index in [9.17, 15) is 19.5 Å². The molecule has 10 heteroatoms. The number of benzene rings is 3. The monoisotopic (exact) mass is 735 g/mol. The van der Waals surface area contributed by atoms with Gasteiger partial charge in [-0.2, -0.15) is 0 Å². The molecule has 3 aromatic rings. The normalized spacial score (nSPS) is 23.8. The van der Waals surface area contributed by atoms with E-state index in [1.54, 1.807) is 33.9 Å². The molecule has 286 valence electrons. The molecular formula is C44H53N3O7. The molecule has 54 heavy (non-hydrogen) atoms. The molecule has 0 saturated carbocycles. The van der Waals surface area contributed by atoms with Gasteiger partial charge in [-0.1, -0.05) is 85.7 Å². The summed E-state index contributed by atoms with van der Waals surface area (Å²) in [5.74, 6) is -3.05. The molecule has 3 fully saturated rings. The summed E-state index contributed by atoms with van der Waals surface area (Å²) in [5, 5.41) is 11.4. The van der Waals surface area contributed by atoms with Gasteiger partial charge in [-0.3, -0.25) is 19.2 Å². The number of ether oxygens (including phenoxy) is 2. The standard InChI is InChI=1S/C44H53N3O7/c1-5-7-21-36(49)45(4)30(3)39(32-18-11-10-12-19-32)53-43(52)37-35-24-25-44(54-35)38(37)41(50)47(27-15-8-9-16-28-48)40(44)42(51)46(26-6-2)34-23-22-31-17-13-14-20-33(31)29-34/h5-6,10-14,17-20,22-23,29-30,35,37-40,48H,1-2,7-9,15-16,21,24-28H2,3-4H3/t30-,35+,37-,38-,39+,40+,44-/m0/s1. The van der Waals surface area contributed by atoms with Gasteiger partial charge in [0.1, 0.15) is 17.7 Å². The highest BCUT2D eigenvalue weighted by molar-refractivity contribution is 6.05. The topological polar surface area (TPSA) is 117 Å². The van der Waals surface area contributed by atoms with Crippen LogP contribution in [0, 0.1) is 11.8 Å². The highest BCUT2D eigenvalue weighted by Gasteiger charge is 2.75. The van der Waals surface area contributed by atoms with Crippen LogP contribution in [0.25, 0.3) is 10.8 Å². The van der Waals surface area contributed by atoms with Crippen LogP contribution >= 0.6 is 0 Å². The van der Waals surface area contributed by atoms with Gasteiger partial charge in [-0.25, -0.2) is 0 Å². The third-order valence-electron chi connectivity index (χ3n) is 11.6. The van der Waals surface area contributed by atoms with Crippen molar-refractivity contribution in [3.8, 4) is 0 Å². The van der Waals surface area contributed by atoms with E-state index >= 15 is 4.79 Å². The lowest BCUT2D eigenvalue weighted by atomic mass is 9.70. The van der Waals surface area contributed by atoms with Gasteiger partial charge in [-0.15, -0.1) is 13.2 Å². The predicted octanol–water partition coefficient (Wildman–Crippen LogP) is 6.38. The van der Waals surface area contributed by atoms with Crippen molar-refractivity contribution >= 4 is 40.2 Å². The first kappa shape index (κ1) is 38.9. The Morgan fingerprint density at radius 1 is 1.00 bits per heavy atom. The average Bonchev–Trinajstić information content (AvgIpc) is 3.84. The van der Waals surface area contributed by atoms with Gasteiger partial charge in [0.15, 0.2) is 0 Å². The SMILES string of the molecule is C=CCCC(=O)N(C)[C@@H](C)[C@@H](OC(=O)[C@@H]1[C@H]2C(=O)N(CCCCCCO)[C@H](C(=O)N(CC=C)c3ccc4ccccc4c3)[C@]23CC[C@H]1O3)c1ccccc1. The van der Waals surface area contributed by atoms with Crippen LogP contribution in [-0.4, -0.2) is 89.1 Å². The maximum absolute atomic E-state index is 15.0. The lowest BCUT2D eigenvalue weighted by Crippen LogP contribution is -2.56. The molecule has 3 aromatic carbocycles. The van der Waals surface area contributed by atoms with Gasteiger partial charge in [0.25, 0.3) is 5.91 Å². The maximum Gasteiger partial charge on any atom is 0.313 e. The summed E-state index contributed by atoms with van der Waals surface area (Å²) in [6.07, 6.45) is 6.59. The number of hydrogen-bond donors (Lipinski definition) is 1. The van der Waals surface area contributed by atoms with Gasteiger partial charge in [-0.05, 0) is 67.5 Å². The number of esters is 1. The third-order valence-corrected chi connectivity index (χ3v) is 11.6. The number of rotatable bonds is 18. The molecule has 7 atom stereocenters.